The van der Waals surface area contributed by atoms with Gasteiger partial charge in [-0.15, -0.1) is 0 Å². The van der Waals surface area contributed by atoms with Gasteiger partial charge in [0, 0.05) is 5.92 Å². The molecule has 154 valence electrons. The fraction of sp³-hybridized carbons (Fsp3) is 0.391. The van der Waals surface area contributed by atoms with Crippen LogP contribution in [0.3, 0.4) is 0 Å². The second-order valence-corrected chi connectivity index (χ2v) is 7.13. The highest BCUT2D eigenvalue weighted by Crippen LogP contribution is 2.44. The summed E-state index contributed by atoms with van der Waals surface area (Å²) in [5.74, 6) is -1.22. The van der Waals surface area contributed by atoms with Gasteiger partial charge in [-0.1, -0.05) is 62.4 Å². The third kappa shape index (κ3) is 4.77. The average Bonchev–Trinajstić information content (AvgIpc) is 3.06. The molecule has 1 aliphatic carbocycles. The number of hydrogen-bond donors (Lipinski definition) is 2. The molecule has 0 aromatic heterocycles. The van der Waals surface area contributed by atoms with E-state index in [0.29, 0.717) is 0 Å². The minimum atomic E-state index is -1.15. The van der Waals surface area contributed by atoms with Crippen LogP contribution in [-0.4, -0.2) is 42.5 Å². The topological polar surface area (TPSA) is 84.9 Å². The summed E-state index contributed by atoms with van der Waals surface area (Å²) in [5.41, 5.74) is 4.49. The lowest BCUT2D eigenvalue weighted by atomic mass is 9.98. The summed E-state index contributed by atoms with van der Waals surface area (Å²) in [6, 6.07) is 14.9. The van der Waals surface area contributed by atoms with E-state index >= 15 is 0 Å². The lowest BCUT2D eigenvalue weighted by Crippen LogP contribution is -2.45. The van der Waals surface area contributed by atoms with Gasteiger partial charge in [-0.2, -0.15) is 0 Å². The van der Waals surface area contributed by atoms with Gasteiger partial charge in [-0.3, -0.25) is 0 Å². The normalized spacial score (nSPS) is 13.6. The molecule has 1 aliphatic rings. The van der Waals surface area contributed by atoms with Crippen LogP contribution < -0.4 is 5.32 Å². The number of benzene rings is 2. The van der Waals surface area contributed by atoms with Gasteiger partial charge in [-0.05, 0) is 35.1 Å². The summed E-state index contributed by atoms with van der Waals surface area (Å²) in [6.45, 7) is 4.00. The Morgan fingerprint density at radius 1 is 1.00 bits per heavy atom. The number of amides is 1. The largest absolute Gasteiger partial charge is 0.480 e. The van der Waals surface area contributed by atoms with E-state index in [-0.39, 0.29) is 25.2 Å². The van der Waals surface area contributed by atoms with E-state index in [0.717, 1.165) is 35.1 Å². The first-order chi connectivity index (χ1) is 14.0. The predicted octanol–water partition coefficient (Wildman–Crippen LogP) is 4.18. The molecule has 0 bridgehead atoms. The van der Waals surface area contributed by atoms with E-state index in [1.54, 1.807) is 0 Å². The van der Waals surface area contributed by atoms with Crippen molar-refractivity contribution < 1.29 is 24.2 Å². The highest BCUT2D eigenvalue weighted by atomic mass is 16.6. The van der Waals surface area contributed by atoms with E-state index in [9.17, 15) is 14.7 Å². The second-order valence-electron chi connectivity index (χ2n) is 7.13. The molecule has 0 saturated heterocycles. The highest BCUT2D eigenvalue weighted by molar-refractivity contribution is 5.81. The molecule has 29 heavy (non-hydrogen) atoms. The summed E-state index contributed by atoms with van der Waals surface area (Å²) >= 11 is 0. The Labute approximate surface area is 170 Å². The number of alkyl carbamates (subject to hydrolysis) is 1. The van der Waals surface area contributed by atoms with Gasteiger partial charge in [0.1, 0.15) is 6.61 Å². The van der Waals surface area contributed by atoms with Gasteiger partial charge >= 0.3 is 12.1 Å². The Kier molecular flexibility index (Phi) is 6.88. The first kappa shape index (κ1) is 20.9. The summed E-state index contributed by atoms with van der Waals surface area (Å²) < 4.78 is 11.0. The van der Waals surface area contributed by atoms with Crippen LogP contribution in [0.15, 0.2) is 48.5 Å². The number of nitrogens with one attached hydrogen (secondary N) is 1. The number of carboxylic acid groups (broad SMARTS) is 1. The number of ether oxygens (including phenoxy) is 2. The van der Waals surface area contributed by atoms with Crippen molar-refractivity contribution in [3.63, 3.8) is 0 Å². The van der Waals surface area contributed by atoms with Crippen LogP contribution in [0.1, 0.15) is 43.7 Å². The van der Waals surface area contributed by atoms with Gasteiger partial charge in [0.25, 0.3) is 0 Å². The molecule has 0 fully saturated rings. The van der Waals surface area contributed by atoms with Crippen molar-refractivity contribution >= 4 is 12.1 Å². The standard InChI is InChI=1S/C23H27NO5/c1-3-15(4-2)28-14-21(22(25)26)24-23(27)29-13-20-18-11-7-5-9-16(18)17-10-6-8-12-19(17)20/h5-12,15,20-21H,3-4,13-14H2,1-2H3,(H,24,27)(H,25,26)/t21-/m0/s1. The first-order valence-corrected chi connectivity index (χ1v) is 10.0. The highest BCUT2D eigenvalue weighted by Gasteiger charge is 2.29. The van der Waals surface area contributed by atoms with Crippen molar-refractivity contribution in [2.45, 2.75) is 44.8 Å². The minimum absolute atomic E-state index is 0.0267. The summed E-state index contributed by atoms with van der Waals surface area (Å²) in [4.78, 5) is 23.7. The fourth-order valence-electron chi connectivity index (χ4n) is 3.71. The molecule has 0 unspecified atom stereocenters. The van der Waals surface area contributed by atoms with Crippen molar-refractivity contribution in [1.29, 1.82) is 0 Å². The van der Waals surface area contributed by atoms with Crippen LogP contribution in [0.2, 0.25) is 0 Å². The van der Waals surface area contributed by atoms with Crippen LogP contribution in [-0.2, 0) is 14.3 Å². The van der Waals surface area contributed by atoms with Gasteiger partial charge in [-0.25, -0.2) is 9.59 Å². The molecular weight excluding hydrogens is 370 g/mol. The monoisotopic (exact) mass is 397 g/mol. The van der Waals surface area contributed by atoms with Crippen molar-refractivity contribution in [2.24, 2.45) is 0 Å². The number of aliphatic carboxylic acids is 1. The minimum Gasteiger partial charge on any atom is -0.480 e. The number of carbonyl (C=O) groups excluding carboxylic acids is 1. The van der Waals surface area contributed by atoms with Gasteiger partial charge < -0.3 is 19.9 Å². The SMILES string of the molecule is CCC(CC)OC[C@H](NC(=O)OCC1c2ccccc2-c2ccccc21)C(=O)O. The van der Waals surface area contributed by atoms with Crippen molar-refractivity contribution in [3.8, 4) is 11.1 Å². The lowest BCUT2D eigenvalue weighted by Gasteiger charge is -2.20. The van der Waals surface area contributed by atoms with Crippen LogP contribution in [0, 0.1) is 0 Å². The Morgan fingerprint density at radius 3 is 2.07 bits per heavy atom. The number of carbonyl (C=O) groups is 2. The second kappa shape index (κ2) is 9.56. The summed E-state index contributed by atoms with van der Waals surface area (Å²) in [5, 5.41) is 11.8. The maximum Gasteiger partial charge on any atom is 0.407 e. The third-order valence-electron chi connectivity index (χ3n) is 5.34. The summed E-state index contributed by atoms with van der Waals surface area (Å²) in [6.07, 6.45) is 0.787. The van der Waals surface area contributed by atoms with Crippen LogP contribution in [0.4, 0.5) is 4.79 Å². The number of fused-ring (bicyclic) bond motifs is 3. The Bertz CT molecular complexity index is 816. The van der Waals surface area contributed by atoms with E-state index in [2.05, 4.69) is 17.4 Å². The van der Waals surface area contributed by atoms with E-state index in [4.69, 9.17) is 9.47 Å². The van der Waals surface area contributed by atoms with Gasteiger partial charge in [0.05, 0.1) is 12.7 Å². The number of hydrogen-bond acceptors (Lipinski definition) is 4. The Morgan fingerprint density at radius 2 is 1.55 bits per heavy atom. The fourth-order valence-corrected chi connectivity index (χ4v) is 3.71. The molecule has 1 atom stereocenters. The third-order valence-corrected chi connectivity index (χ3v) is 5.34. The number of carboxylic acids is 1. The molecular formula is C23H27NO5. The van der Waals surface area contributed by atoms with Gasteiger partial charge in [0.15, 0.2) is 6.04 Å². The molecule has 1 amide bonds. The molecule has 0 saturated carbocycles. The molecule has 0 spiro atoms. The zero-order valence-electron chi connectivity index (χ0n) is 16.8. The van der Waals surface area contributed by atoms with Crippen LogP contribution >= 0.6 is 0 Å². The summed E-state index contributed by atoms with van der Waals surface area (Å²) in [7, 11) is 0. The maximum atomic E-state index is 12.3. The maximum absolute atomic E-state index is 12.3. The van der Waals surface area contributed by atoms with Crippen molar-refractivity contribution in [2.75, 3.05) is 13.2 Å². The molecule has 2 N–H and O–H groups in total. The smallest absolute Gasteiger partial charge is 0.407 e. The molecule has 0 radical (unpaired) electrons. The first-order valence-electron chi connectivity index (χ1n) is 10.0. The molecule has 0 aliphatic heterocycles. The Balaban J connectivity index is 1.62. The average molecular weight is 397 g/mol. The molecule has 6 nitrogen and oxygen atoms in total. The number of rotatable bonds is 9. The Hall–Kier alpha value is -2.86. The van der Waals surface area contributed by atoms with Crippen molar-refractivity contribution in [3.05, 3.63) is 59.7 Å². The zero-order chi connectivity index (χ0) is 20.8. The molecule has 3 rings (SSSR count). The molecule has 0 heterocycles. The van der Waals surface area contributed by atoms with Crippen LogP contribution in [0.5, 0.6) is 0 Å². The van der Waals surface area contributed by atoms with Gasteiger partial charge in [0.2, 0.25) is 0 Å². The quantitative estimate of drug-likeness (QED) is 0.663. The van der Waals surface area contributed by atoms with E-state index < -0.39 is 18.1 Å². The molecule has 6 heteroatoms. The zero-order valence-corrected chi connectivity index (χ0v) is 16.8. The van der Waals surface area contributed by atoms with Crippen molar-refractivity contribution in [1.82, 2.24) is 5.32 Å². The van der Waals surface area contributed by atoms with E-state index in [1.165, 1.54) is 0 Å². The molecule has 2 aromatic carbocycles. The predicted molar refractivity (Wildman–Crippen MR) is 110 cm³/mol. The van der Waals surface area contributed by atoms with Crippen LogP contribution in [0.25, 0.3) is 11.1 Å². The van der Waals surface area contributed by atoms with E-state index in [1.807, 2.05) is 50.2 Å². The lowest BCUT2D eigenvalue weighted by molar-refractivity contribution is -0.141. The molecule has 2 aromatic rings.